The number of hydrogen-bond acceptors (Lipinski definition) is 1. The Balaban J connectivity index is 3.58. The van der Waals surface area contributed by atoms with Crippen LogP contribution in [0.15, 0.2) is 11.6 Å². The molecule has 0 aromatic rings. The molecule has 0 radical (unpaired) electrons. The molecular weight excluding hydrogens is 232 g/mol. The minimum Gasteiger partial charge on any atom is -0.393 e. The number of rotatable bonds is 11. The molecule has 1 N–H and O–H groups in total. The van der Waals surface area contributed by atoms with Crippen molar-refractivity contribution in [2.75, 3.05) is 0 Å². The summed E-state index contributed by atoms with van der Waals surface area (Å²) in [5.74, 6) is 1.63. The summed E-state index contributed by atoms with van der Waals surface area (Å²) >= 11 is 0. The van der Waals surface area contributed by atoms with Crippen molar-refractivity contribution in [1.29, 1.82) is 0 Å². The fourth-order valence-corrected chi connectivity index (χ4v) is 2.41. The zero-order chi connectivity index (χ0) is 14.7. The second-order valence-electron chi connectivity index (χ2n) is 6.80. The Labute approximate surface area is 121 Å². The molecule has 0 heterocycles. The maximum Gasteiger partial charge on any atom is 0.0512 e. The molecule has 0 aromatic heterocycles. The van der Waals surface area contributed by atoms with Crippen molar-refractivity contribution in [3.05, 3.63) is 11.6 Å². The third-order valence-electron chi connectivity index (χ3n) is 3.82. The van der Waals surface area contributed by atoms with E-state index in [1.165, 1.54) is 38.5 Å². The van der Waals surface area contributed by atoms with E-state index in [0.29, 0.717) is 0 Å². The molecule has 1 heteroatoms. The maximum absolute atomic E-state index is 9.23. The second kappa shape index (κ2) is 11.5. The first-order chi connectivity index (χ1) is 8.91. The van der Waals surface area contributed by atoms with Crippen LogP contribution in [0, 0.1) is 11.8 Å². The van der Waals surface area contributed by atoms with Gasteiger partial charge in [0.25, 0.3) is 0 Å². The van der Waals surface area contributed by atoms with E-state index in [0.717, 1.165) is 24.7 Å². The maximum atomic E-state index is 9.23. The molecule has 0 aliphatic heterocycles. The van der Waals surface area contributed by atoms with E-state index >= 15 is 0 Å². The molecule has 2 unspecified atom stereocenters. The summed E-state index contributed by atoms with van der Waals surface area (Å²) in [6.45, 7) is 11.1. The Kier molecular flexibility index (Phi) is 11.3. The highest BCUT2D eigenvalue weighted by Crippen LogP contribution is 2.17. The minimum atomic E-state index is -0.129. The fourth-order valence-electron chi connectivity index (χ4n) is 2.41. The lowest BCUT2D eigenvalue weighted by atomic mass is 9.96. The molecule has 2 atom stereocenters. The molecule has 0 aliphatic rings. The molecule has 19 heavy (non-hydrogen) atoms. The van der Waals surface area contributed by atoms with Crippen molar-refractivity contribution in [2.24, 2.45) is 11.8 Å². The summed E-state index contributed by atoms with van der Waals surface area (Å²) < 4.78 is 0. The highest BCUT2D eigenvalue weighted by molar-refractivity contribution is 4.97. The van der Waals surface area contributed by atoms with Gasteiger partial charge in [0.15, 0.2) is 0 Å². The van der Waals surface area contributed by atoms with Gasteiger partial charge in [-0.05, 0) is 57.8 Å². The van der Waals surface area contributed by atoms with E-state index in [9.17, 15) is 5.11 Å². The van der Waals surface area contributed by atoms with Gasteiger partial charge >= 0.3 is 0 Å². The summed E-state index contributed by atoms with van der Waals surface area (Å²) in [7, 11) is 0. The van der Waals surface area contributed by atoms with E-state index < -0.39 is 0 Å². The normalized spacial score (nSPS) is 15.8. The second-order valence-corrected chi connectivity index (χ2v) is 6.80. The van der Waals surface area contributed by atoms with Gasteiger partial charge < -0.3 is 5.11 Å². The van der Waals surface area contributed by atoms with Crippen molar-refractivity contribution in [3.63, 3.8) is 0 Å². The van der Waals surface area contributed by atoms with Gasteiger partial charge in [-0.15, -0.1) is 0 Å². The van der Waals surface area contributed by atoms with E-state index in [-0.39, 0.29) is 6.10 Å². The highest BCUT2D eigenvalue weighted by atomic mass is 16.3. The zero-order valence-corrected chi connectivity index (χ0v) is 13.9. The predicted molar refractivity (Wildman–Crippen MR) is 86.4 cm³/mol. The average molecular weight is 268 g/mol. The van der Waals surface area contributed by atoms with Gasteiger partial charge in [0, 0.05) is 0 Å². The highest BCUT2D eigenvalue weighted by Gasteiger charge is 2.03. The first kappa shape index (κ1) is 18.7. The Bertz CT molecular complexity index is 228. The third kappa shape index (κ3) is 13.9. The lowest BCUT2D eigenvalue weighted by Gasteiger charge is -2.11. The van der Waals surface area contributed by atoms with Gasteiger partial charge in [-0.25, -0.2) is 0 Å². The van der Waals surface area contributed by atoms with Crippen molar-refractivity contribution < 1.29 is 5.11 Å². The van der Waals surface area contributed by atoms with Crippen molar-refractivity contribution in [2.45, 2.75) is 92.1 Å². The molecule has 0 fully saturated rings. The van der Waals surface area contributed by atoms with Gasteiger partial charge in [0.1, 0.15) is 0 Å². The molecule has 0 aliphatic carbocycles. The van der Waals surface area contributed by atoms with E-state index in [4.69, 9.17) is 0 Å². The largest absolute Gasteiger partial charge is 0.393 e. The molecular formula is C18H36O. The van der Waals surface area contributed by atoms with E-state index in [1.54, 1.807) is 5.57 Å². The van der Waals surface area contributed by atoms with Gasteiger partial charge in [-0.2, -0.15) is 0 Å². The summed E-state index contributed by atoms with van der Waals surface area (Å²) in [5.41, 5.74) is 1.57. The van der Waals surface area contributed by atoms with Crippen LogP contribution in [0.5, 0.6) is 0 Å². The fraction of sp³-hybridized carbons (Fsp3) is 0.889. The van der Waals surface area contributed by atoms with Crippen molar-refractivity contribution in [3.8, 4) is 0 Å². The monoisotopic (exact) mass is 268 g/mol. The Morgan fingerprint density at radius 1 is 0.947 bits per heavy atom. The summed E-state index contributed by atoms with van der Waals surface area (Å²) in [6.07, 6.45) is 12.2. The van der Waals surface area contributed by atoms with Crippen LogP contribution in [0.4, 0.5) is 0 Å². The topological polar surface area (TPSA) is 20.2 Å². The van der Waals surface area contributed by atoms with Crippen LogP contribution in [0.2, 0.25) is 0 Å². The van der Waals surface area contributed by atoms with Crippen LogP contribution in [-0.2, 0) is 0 Å². The lowest BCUT2D eigenvalue weighted by molar-refractivity contribution is 0.178. The standard InChI is InChI=1S/C18H36O/c1-15(2)9-6-10-16(3)11-7-12-17(4)13-8-14-18(5)19/h11,15,17-19H,6-10,12-14H2,1-5H3/b16-11+. The molecule has 0 saturated carbocycles. The molecule has 0 spiro atoms. The van der Waals surface area contributed by atoms with Crippen LogP contribution in [-0.4, -0.2) is 11.2 Å². The van der Waals surface area contributed by atoms with Crippen LogP contribution >= 0.6 is 0 Å². The number of allylic oxidation sites excluding steroid dienone is 2. The first-order valence-electron chi connectivity index (χ1n) is 8.25. The SMILES string of the molecule is C/C(=C\CCC(C)CCCC(C)O)CCCC(C)C. The Morgan fingerprint density at radius 2 is 1.63 bits per heavy atom. The third-order valence-corrected chi connectivity index (χ3v) is 3.82. The smallest absolute Gasteiger partial charge is 0.0512 e. The van der Waals surface area contributed by atoms with Crippen molar-refractivity contribution >= 4 is 0 Å². The minimum absolute atomic E-state index is 0.129. The van der Waals surface area contributed by atoms with Crippen molar-refractivity contribution in [1.82, 2.24) is 0 Å². The molecule has 0 amide bonds. The van der Waals surface area contributed by atoms with Gasteiger partial charge in [-0.1, -0.05) is 51.7 Å². The van der Waals surface area contributed by atoms with Crippen LogP contribution < -0.4 is 0 Å². The Morgan fingerprint density at radius 3 is 2.21 bits per heavy atom. The van der Waals surface area contributed by atoms with Crippen LogP contribution in [0.25, 0.3) is 0 Å². The predicted octanol–water partition coefficient (Wildman–Crippen LogP) is 5.73. The van der Waals surface area contributed by atoms with Gasteiger partial charge in [0.05, 0.1) is 6.10 Å². The van der Waals surface area contributed by atoms with E-state index in [1.807, 2.05) is 6.92 Å². The number of aliphatic hydroxyl groups is 1. The molecule has 114 valence electrons. The summed E-state index contributed by atoms with van der Waals surface area (Å²) in [5, 5.41) is 9.23. The zero-order valence-electron chi connectivity index (χ0n) is 13.9. The molecule has 0 saturated heterocycles. The quantitative estimate of drug-likeness (QED) is 0.475. The van der Waals surface area contributed by atoms with E-state index in [2.05, 4.69) is 33.8 Å². The number of hydrogen-bond donors (Lipinski definition) is 1. The molecule has 1 nitrogen and oxygen atoms in total. The van der Waals surface area contributed by atoms with Crippen LogP contribution in [0.1, 0.15) is 86.0 Å². The summed E-state index contributed by atoms with van der Waals surface area (Å²) in [6, 6.07) is 0. The summed E-state index contributed by atoms with van der Waals surface area (Å²) in [4.78, 5) is 0. The first-order valence-corrected chi connectivity index (χ1v) is 8.25. The average Bonchev–Trinajstić information content (AvgIpc) is 2.27. The van der Waals surface area contributed by atoms with Gasteiger partial charge in [-0.3, -0.25) is 0 Å². The molecule has 0 rings (SSSR count). The van der Waals surface area contributed by atoms with Gasteiger partial charge in [0.2, 0.25) is 0 Å². The van der Waals surface area contributed by atoms with Crippen LogP contribution in [0.3, 0.4) is 0 Å². The Hall–Kier alpha value is -0.300. The molecule has 0 aromatic carbocycles. The molecule has 0 bridgehead atoms. The lowest BCUT2D eigenvalue weighted by Crippen LogP contribution is -2.01. The number of aliphatic hydroxyl groups excluding tert-OH is 1.